The van der Waals surface area contributed by atoms with Crippen molar-refractivity contribution in [3.8, 4) is 16.9 Å². The van der Waals surface area contributed by atoms with E-state index in [0.717, 1.165) is 17.2 Å². The zero-order valence-corrected chi connectivity index (χ0v) is 16.7. The van der Waals surface area contributed by atoms with Gasteiger partial charge < -0.3 is 10.1 Å². The molecule has 0 heterocycles. The SMILES string of the molecule is COc1ccc2c(c1)C(N[C@H]1CC1c1ccc(-c3ccc(Cl)cc3)cc1)CC2. The van der Waals surface area contributed by atoms with Gasteiger partial charge in [-0.1, -0.05) is 54.1 Å². The highest BCUT2D eigenvalue weighted by molar-refractivity contribution is 6.30. The molecule has 142 valence electrons. The van der Waals surface area contributed by atoms with Crippen molar-refractivity contribution in [1.29, 1.82) is 0 Å². The fraction of sp³-hybridized carbons (Fsp3) is 0.280. The Bertz CT molecular complexity index is 980. The molecular formula is C25H24ClNO. The number of hydrogen-bond donors (Lipinski definition) is 1. The molecule has 0 aliphatic heterocycles. The van der Waals surface area contributed by atoms with Gasteiger partial charge >= 0.3 is 0 Å². The first-order valence-electron chi connectivity index (χ1n) is 10.00. The first kappa shape index (κ1) is 17.8. The highest BCUT2D eigenvalue weighted by Gasteiger charge is 2.40. The van der Waals surface area contributed by atoms with Crippen molar-refractivity contribution < 1.29 is 4.74 Å². The molecule has 2 aliphatic rings. The lowest BCUT2D eigenvalue weighted by Gasteiger charge is -2.15. The molecule has 0 aromatic heterocycles. The number of methoxy groups -OCH3 is 1. The lowest BCUT2D eigenvalue weighted by atomic mass is 10.0. The Morgan fingerprint density at radius 3 is 2.36 bits per heavy atom. The van der Waals surface area contributed by atoms with Crippen molar-refractivity contribution in [3.05, 3.63) is 88.4 Å². The molecule has 0 saturated heterocycles. The molecule has 5 rings (SSSR count). The molecule has 3 aromatic rings. The lowest BCUT2D eigenvalue weighted by Crippen LogP contribution is -2.22. The third-order valence-corrected chi connectivity index (χ3v) is 6.40. The predicted octanol–water partition coefficient (Wildman–Crippen LogP) is 6.15. The maximum Gasteiger partial charge on any atom is 0.119 e. The van der Waals surface area contributed by atoms with Crippen LogP contribution < -0.4 is 10.1 Å². The Hall–Kier alpha value is -2.29. The summed E-state index contributed by atoms with van der Waals surface area (Å²) in [5.74, 6) is 1.58. The van der Waals surface area contributed by atoms with E-state index in [0.29, 0.717) is 18.0 Å². The molecule has 28 heavy (non-hydrogen) atoms. The average Bonchev–Trinajstić information content (AvgIpc) is 3.40. The van der Waals surface area contributed by atoms with Gasteiger partial charge in [-0.2, -0.15) is 0 Å². The molecule has 3 heteroatoms. The Labute approximate surface area is 171 Å². The molecule has 3 atom stereocenters. The number of ether oxygens (including phenoxy) is 1. The topological polar surface area (TPSA) is 21.3 Å². The number of benzene rings is 3. The Morgan fingerprint density at radius 1 is 0.929 bits per heavy atom. The molecular weight excluding hydrogens is 366 g/mol. The first-order chi connectivity index (χ1) is 13.7. The second-order valence-electron chi connectivity index (χ2n) is 7.90. The molecule has 1 fully saturated rings. The predicted molar refractivity (Wildman–Crippen MR) is 115 cm³/mol. The van der Waals surface area contributed by atoms with Crippen LogP contribution >= 0.6 is 11.6 Å². The minimum Gasteiger partial charge on any atom is -0.497 e. The largest absolute Gasteiger partial charge is 0.497 e. The van der Waals surface area contributed by atoms with Gasteiger partial charge in [-0.25, -0.2) is 0 Å². The fourth-order valence-electron chi connectivity index (χ4n) is 4.45. The van der Waals surface area contributed by atoms with Crippen molar-refractivity contribution in [1.82, 2.24) is 5.32 Å². The van der Waals surface area contributed by atoms with E-state index in [-0.39, 0.29) is 0 Å². The van der Waals surface area contributed by atoms with Gasteiger partial charge in [0.1, 0.15) is 5.75 Å². The van der Waals surface area contributed by atoms with Crippen LogP contribution in [-0.2, 0) is 6.42 Å². The van der Waals surface area contributed by atoms with Crippen molar-refractivity contribution in [2.24, 2.45) is 0 Å². The van der Waals surface area contributed by atoms with Gasteiger partial charge in [0.15, 0.2) is 0 Å². The molecule has 2 nitrogen and oxygen atoms in total. The Balaban J connectivity index is 1.25. The third kappa shape index (κ3) is 3.43. The van der Waals surface area contributed by atoms with Crippen LogP contribution in [0.4, 0.5) is 0 Å². The first-order valence-corrected chi connectivity index (χ1v) is 10.4. The van der Waals surface area contributed by atoms with Gasteiger partial charge in [-0.05, 0) is 71.3 Å². The molecule has 0 radical (unpaired) electrons. The molecule has 1 saturated carbocycles. The van der Waals surface area contributed by atoms with E-state index >= 15 is 0 Å². The summed E-state index contributed by atoms with van der Waals surface area (Å²) in [6.45, 7) is 0. The highest BCUT2D eigenvalue weighted by Crippen LogP contribution is 2.44. The van der Waals surface area contributed by atoms with E-state index in [1.165, 1.54) is 40.7 Å². The summed E-state index contributed by atoms with van der Waals surface area (Å²) in [7, 11) is 1.74. The van der Waals surface area contributed by atoms with E-state index in [1.54, 1.807) is 7.11 Å². The van der Waals surface area contributed by atoms with E-state index in [4.69, 9.17) is 16.3 Å². The number of aryl methyl sites for hydroxylation is 1. The van der Waals surface area contributed by atoms with Gasteiger partial charge in [0.05, 0.1) is 7.11 Å². The minimum atomic E-state index is 0.452. The fourth-order valence-corrected chi connectivity index (χ4v) is 4.58. The molecule has 1 N–H and O–H groups in total. The standard InChI is InChI=1S/C25H24ClNO/c1-28-21-12-8-19-9-13-24(22(19)14-21)27-25-15-23(25)18-4-2-16(3-5-18)17-6-10-20(26)11-7-17/h2-8,10-12,14,23-25,27H,9,13,15H2,1H3/t23?,24?,25-/m0/s1. The normalized spacial score (nSPS) is 22.7. The second kappa shape index (κ2) is 7.27. The molecule has 2 aliphatic carbocycles. The Morgan fingerprint density at radius 2 is 1.64 bits per heavy atom. The summed E-state index contributed by atoms with van der Waals surface area (Å²) in [5.41, 5.74) is 6.75. The van der Waals surface area contributed by atoms with Crippen LogP contribution in [0.1, 0.15) is 41.5 Å². The molecule has 3 aromatic carbocycles. The minimum absolute atomic E-state index is 0.452. The molecule has 0 spiro atoms. The van der Waals surface area contributed by atoms with Crippen molar-refractivity contribution in [2.75, 3.05) is 7.11 Å². The lowest BCUT2D eigenvalue weighted by molar-refractivity contribution is 0.413. The van der Waals surface area contributed by atoms with E-state index in [2.05, 4.69) is 59.9 Å². The van der Waals surface area contributed by atoms with Gasteiger partial charge in [0, 0.05) is 23.0 Å². The van der Waals surface area contributed by atoms with E-state index in [9.17, 15) is 0 Å². The van der Waals surface area contributed by atoms with Crippen LogP contribution in [-0.4, -0.2) is 13.2 Å². The summed E-state index contributed by atoms with van der Waals surface area (Å²) in [4.78, 5) is 0. The van der Waals surface area contributed by atoms with Crippen molar-refractivity contribution in [2.45, 2.75) is 37.3 Å². The maximum absolute atomic E-state index is 5.99. The summed E-state index contributed by atoms with van der Waals surface area (Å²) < 4.78 is 5.42. The zero-order valence-electron chi connectivity index (χ0n) is 16.0. The van der Waals surface area contributed by atoms with Gasteiger partial charge in [0.2, 0.25) is 0 Å². The smallest absolute Gasteiger partial charge is 0.119 e. The van der Waals surface area contributed by atoms with Gasteiger partial charge in [0.25, 0.3) is 0 Å². The summed E-state index contributed by atoms with van der Waals surface area (Å²) in [6.07, 6.45) is 3.56. The summed E-state index contributed by atoms with van der Waals surface area (Å²) >= 11 is 5.99. The Kier molecular flexibility index (Phi) is 4.62. The molecule has 2 unspecified atom stereocenters. The molecule has 0 amide bonds. The second-order valence-corrected chi connectivity index (χ2v) is 8.34. The molecule has 0 bridgehead atoms. The van der Waals surface area contributed by atoms with Crippen LogP contribution in [0.2, 0.25) is 5.02 Å². The third-order valence-electron chi connectivity index (χ3n) is 6.15. The van der Waals surface area contributed by atoms with Crippen molar-refractivity contribution >= 4 is 11.6 Å². The van der Waals surface area contributed by atoms with Crippen LogP contribution in [0.3, 0.4) is 0 Å². The monoisotopic (exact) mass is 389 g/mol. The number of fused-ring (bicyclic) bond motifs is 1. The number of halogens is 1. The van der Waals surface area contributed by atoms with Gasteiger partial charge in [-0.15, -0.1) is 0 Å². The highest BCUT2D eigenvalue weighted by atomic mass is 35.5. The number of nitrogens with one attached hydrogen (secondary N) is 1. The van der Waals surface area contributed by atoms with Crippen LogP contribution in [0.5, 0.6) is 5.75 Å². The van der Waals surface area contributed by atoms with E-state index < -0.39 is 0 Å². The number of rotatable bonds is 5. The quantitative estimate of drug-likeness (QED) is 0.565. The average molecular weight is 390 g/mol. The van der Waals surface area contributed by atoms with Crippen LogP contribution in [0.15, 0.2) is 66.7 Å². The summed E-state index contributed by atoms with van der Waals surface area (Å²) in [5, 5.41) is 4.67. The maximum atomic E-state index is 5.99. The van der Waals surface area contributed by atoms with Crippen molar-refractivity contribution in [3.63, 3.8) is 0 Å². The zero-order chi connectivity index (χ0) is 19.1. The summed E-state index contributed by atoms with van der Waals surface area (Å²) in [6, 6.07) is 24.6. The van der Waals surface area contributed by atoms with Crippen LogP contribution in [0.25, 0.3) is 11.1 Å². The number of hydrogen-bond acceptors (Lipinski definition) is 2. The van der Waals surface area contributed by atoms with Crippen LogP contribution in [0, 0.1) is 0 Å². The van der Waals surface area contributed by atoms with Gasteiger partial charge in [-0.3, -0.25) is 0 Å². The van der Waals surface area contributed by atoms with E-state index in [1.807, 2.05) is 12.1 Å².